The Morgan fingerprint density at radius 1 is 1.17 bits per heavy atom. The molecule has 0 radical (unpaired) electrons. The largest absolute Gasteiger partial charge is 0.348 e. The molecule has 0 saturated heterocycles. The fourth-order valence-corrected chi connectivity index (χ4v) is 2.66. The molecule has 3 nitrogen and oxygen atoms in total. The van der Waals surface area contributed by atoms with E-state index in [2.05, 4.69) is 5.32 Å². The maximum atomic E-state index is 12.9. The SMILES string of the molecule is C[C@@H](NC(=O)CN(C)Cc1ccc(F)cc1)c1ccc(Cl)c(Cl)c1. The Hall–Kier alpha value is -1.62. The van der Waals surface area contributed by atoms with Crippen LogP contribution in [0.4, 0.5) is 4.39 Å². The van der Waals surface area contributed by atoms with Crippen LogP contribution in [0.25, 0.3) is 0 Å². The van der Waals surface area contributed by atoms with Crippen LogP contribution in [0.1, 0.15) is 24.1 Å². The third kappa shape index (κ3) is 5.48. The van der Waals surface area contributed by atoms with Crippen LogP contribution in [0, 0.1) is 5.82 Å². The molecule has 2 aromatic carbocycles. The smallest absolute Gasteiger partial charge is 0.234 e. The first-order chi connectivity index (χ1) is 11.3. The van der Waals surface area contributed by atoms with Gasteiger partial charge in [0.05, 0.1) is 22.6 Å². The summed E-state index contributed by atoms with van der Waals surface area (Å²) in [5.41, 5.74) is 1.84. The highest BCUT2D eigenvalue weighted by Gasteiger charge is 2.13. The van der Waals surface area contributed by atoms with Crippen LogP contribution in [0.5, 0.6) is 0 Å². The number of hydrogen-bond acceptors (Lipinski definition) is 2. The highest BCUT2D eigenvalue weighted by molar-refractivity contribution is 6.42. The number of likely N-dealkylation sites (N-methyl/N-ethyl adjacent to an activating group) is 1. The standard InChI is InChI=1S/C18H19Cl2FN2O/c1-12(14-5-8-16(19)17(20)9-14)22-18(24)11-23(2)10-13-3-6-15(21)7-4-13/h3-9,12H,10-11H2,1-2H3,(H,22,24)/t12-/m1/s1. The minimum Gasteiger partial charge on any atom is -0.348 e. The zero-order valence-electron chi connectivity index (χ0n) is 13.5. The Morgan fingerprint density at radius 2 is 1.83 bits per heavy atom. The van der Waals surface area contributed by atoms with Gasteiger partial charge >= 0.3 is 0 Å². The lowest BCUT2D eigenvalue weighted by molar-refractivity contribution is -0.122. The molecule has 0 bridgehead atoms. The Morgan fingerprint density at radius 3 is 2.46 bits per heavy atom. The molecule has 0 saturated carbocycles. The van der Waals surface area contributed by atoms with Crippen molar-refractivity contribution in [1.29, 1.82) is 0 Å². The molecule has 1 atom stereocenters. The van der Waals surface area contributed by atoms with Crippen LogP contribution in [0.3, 0.4) is 0 Å². The average molecular weight is 369 g/mol. The predicted molar refractivity (Wildman–Crippen MR) is 95.8 cm³/mol. The molecule has 0 spiro atoms. The van der Waals surface area contributed by atoms with Gasteiger partial charge in [0.25, 0.3) is 0 Å². The minimum atomic E-state index is -0.269. The van der Waals surface area contributed by atoms with Gasteiger partial charge < -0.3 is 5.32 Å². The number of nitrogens with zero attached hydrogens (tertiary/aromatic N) is 1. The summed E-state index contributed by atoms with van der Waals surface area (Å²) in [5, 5.41) is 3.87. The molecule has 0 aliphatic carbocycles. The summed E-state index contributed by atoms with van der Waals surface area (Å²) in [6.45, 7) is 2.69. The van der Waals surface area contributed by atoms with Crippen molar-refractivity contribution >= 4 is 29.1 Å². The summed E-state index contributed by atoms with van der Waals surface area (Å²) in [6, 6.07) is 11.4. The number of amides is 1. The molecule has 0 fully saturated rings. The van der Waals surface area contributed by atoms with Crippen LogP contribution in [0.15, 0.2) is 42.5 Å². The van der Waals surface area contributed by atoms with Crippen molar-refractivity contribution in [1.82, 2.24) is 10.2 Å². The number of halogens is 3. The van der Waals surface area contributed by atoms with E-state index in [1.165, 1.54) is 12.1 Å². The number of rotatable bonds is 6. The molecule has 2 rings (SSSR count). The molecule has 24 heavy (non-hydrogen) atoms. The minimum absolute atomic E-state index is 0.0989. The third-order valence-electron chi connectivity index (χ3n) is 3.60. The van der Waals surface area contributed by atoms with E-state index in [9.17, 15) is 9.18 Å². The molecule has 0 aromatic heterocycles. The summed E-state index contributed by atoms with van der Waals surface area (Å²) < 4.78 is 12.9. The first kappa shape index (κ1) is 18.7. The van der Waals surface area contributed by atoms with Crippen molar-refractivity contribution in [2.45, 2.75) is 19.5 Å². The van der Waals surface area contributed by atoms with Gasteiger partial charge in [0.15, 0.2) is 0 Å². The Kier molecular flexibility index (Phi) is 6.60. The van der Waals surface area contributed by atoms with Crippen molar-refractivity contribution in [3.8, 4) is 0 Å². The zero-order chi connectivity index (χ0) is 17.7. The van der Waals surface area contributed by atoms with Gasteiger partial charge in [0, 0.05) is 6.54 Å². The molecular weight excluding hydrogens is 350 g/mol. The molecule has 0 aliphatic heterocycles. The average Bonchev–Trinajstić information content (AvgIpc) is 2.52. The maximum Gasteiger partial charge on any atom is 0.234 e. The maximum absolute atomic E-state index is 12.9. The molecule has 0 aliphatic rings. The lowest BCUT2D eigenvalue weighted by Crippen LogP contribution is -2.36. The lowest BCUT2D eigenvalue weighted by atomic mass is 10.1. The van der Waals surface area contributed by atoms with E-state index in [1.807, 2.05) is 24.9 Å². The molecule has 0 unspecified atom stereocenters. The van der Waals surface area contributed by atoms with Crippen LogP contribution in [-0.4, -0.2) is 24.4 Å². The second kappa shape index (κ2) is 8.47. The molecule has 1 amide bonds. The van der Waals surface area contributed by atoms with Gasteiger partial charge in [0.1, 0.15) is 5.82 Å². The van der Waals surface area contributed by atoms with Crippen LogP contribution in [0.2, 0.25) is 10.0 Å². The van der Waals surface area contributed by atoms with E-state index in [0.29, 0.717) is 16.6 Å². The topological polar surface area (TPSA) is 32.3 Å². The van der Waals surface area contributed by atoms with Crippen LogP contribution in [-0.2, 0) is 11.3 Å². The van der Waals surface area contributed by atoms with E-state index in [1.54, 1.807) is 24.3 Å². The van der Waals surface area contributed by atoms with E-state index in [0.717, 1.165) is 11.1 Å². The number of carbonyl (C=O) groups excluding carboxylic acids is 1. The quantitative estimate of drug-likeness (QED) is 0.817. The normalized spacial score (nSPS) is 12.2. The van der Waals surface area contributed by atoms with Gasteiger partial charge in [-0.05, 0) is 49.4 Å². The van der Waals surface area contributed by atoms with Gasteiger partial charge in [0.2, 0.25) is 5.91 Å². The van der Waals surface area contributed by atoms with Gasteiger partial charge in [-0.2, -0.15) is 0 Å². The summed E-state index contributed by atoms with van der Waals surface area (Å²) in [4.78, 5) is 14.0. The Bertz CT molecular complexity index is 707. The van der Waals surface area contributed by atoms with Gasteiger partial charge in [-0.25, -0.2) is 4.39 Å². The fraction of sp³-hybridized carbons (Fsp3) is 0.278. The monoisotopic (exact) mass is 368 g/mol. The number of nitrogens with one attached hydrogen (secondary N) is 1. The van der Waals surface area contributed by atoms with Crippen LogP contribution >= 0.6 is 23.2 Å². The highest BCUT2D eigenvalue weighted by atomic mass is 35.5. The van der Waals surface area contributed by atoms with E-state index < -0.39 is 0 Å². The number of benzene rings is 2. The van der Waals surface area contributed by atoms with Crippen LogP contribution < -0.4 is 5.32 Å². The summed E-state index contributed by atoms with van der Waals surface area (Å²) in [7, 11) is 1.84. The summed E-state index contributed by atoms with van der Waals surface area (Å²) in [5.74, 6) is -0.368. The second-order valence-corrected chi connectivity index (χ2v) is 6.58. The van der Waals surface area contributed by atoms with Gasteiger partial charge in [-0.3, -0.25) is 9.69 Å². The summed E-state index contributed by atoms with van der Waals surface area (Å²) >= 11 is 11.9. The Balaban J connectivity index is 1.87. The molecule has 2 aromatic rings. The van der Waals surface area contributed by atoms with E-state index in [-0.39, 0.29) is 24.3 Å². The van der Waals surface area contributed by atoms with Crippen molar-refractivity contribution in [2.75, 3.05) is 13.6 Å². The second-order valence-electron chi connectivity index (χ2n) is 5.76. The molecule has 1 N–H and O–H groups in total. The lowest BCUT2D eigenvalue weighted by Gasteiger charge is -2.19. The fourth-order valence-electron chi connectivity index (χ4n) is 2.35. The predicted octanol–water partition coefficient (Wildman–Crippen LogP) is 4.44. The van der Waals surface area contributed by atoms with Crippen molar-refractivity contribution in [2.24, 2.45) is 0 Å². The van der Waals surface area contributed by atoms with Gasteiger partial charge in [-0.1, -0.05) is 41.4 Å². The Labute approximate surface area is 151 Å². The van der Waals surface area contributed by atoms with E-state index >= 15 is 0 Å². The molecule has 128 valence electrons. The number of hydrogen-bond donors (Lipinski definition) is 1. The zero-order valence-corrected chi connectivity index (χ0v) is 15.0. The highest BCUT2D eigenvalue weighted by Crippen LogP contribution is 2.25. The molecule has 0 heterocycles. The van der Waals surface area contributed by atoms with Crippen molar-refractivity contribution in [3.63, 3.8) is 0 Å². The first-order valence-electron chi connectivity index (χ1n) is 7.52. The van der Waals surface area contributed by atoms with Crippen molar-refractivity contribution in [3.05, 3.63) is 69.5 Å². The number of carbonyl (C=O) groups is 1. The third-order valence-corrected chi connectivity index (χ3v) is 4.34. The summed E-state index contributed by atoms with van der Waals surface area (Å²) in [6.07, 6.45) is 0. The molecular formula is C18H19Cl2FN2O. The first-order valence-corrected chi connectivity index (χ1v) is 8.28. The van der Waals surface area contributed by atoms with Gasteiger partial charge in [-0.15, -0.1) is 0 Å². The molecule has 6 heteroatoms. The van der Waals surface area contributed by atoms with E-state index in [4.69, 9.17) is 23.2 Å². The van der Waals surface area contributed by atoms with Crippen molar-refractivity contribution < 1.29 is 9.18 Å².